The monoisotopic (exact) mass is 416 g/mol. The molecule has 1 aromatic carbocycles. The van der Waals surface area contributed by atoms with Crippen molar-refractivity contribution in [1.82, 2.24) is 15.5 Å². The number of carbonyl (C=O) groups excluding carboxylic acids is 3. The van der Waals surface area contributed by atoms with Gasteiger partial charge in [0.25, 0.3) is 0 Å². The van der Waals surface area contributed by atoms with Gasteiger partial charge < -0.3 is 31.8 Å². The zero-order valence-corrected chi connectivity index (χ0v) is 17.4. The van der Waals surface area contributed by atoms with Gasteiger partial charge in [-0.05, 0) is 44.7 Å². The second kappa shape index (κ2) is 11.9. The van der Waals surface area contributed by atoms with Crippen LogP contribution in [0.3, 0.4) is 0 Å². The molecule has 0 saturated carbocycles. The van der Waals surface area contributed by atoms with Crippen LogP contribution in [-0.2, 0) is 20.8 Å². The smallest absolute Gasteiger partial charge is 0.243 e. The van der Waals surface area contributed by atoms with Crippen LogP contribution in [0.1, 0.15) is 31.2 Å². The standard InChI is InChI=1S/C21H32N6O3/c1-24-17(13-15-7-3-2-4-8-15)20(30)27-12-6-10-18(27)19(29)26-16(14-28)9-5-11-25-21(22)23/h2-4,7-8,14,16-18,24H,5-6,9-13H2,1H3,(H,26,29)(H4,22,23,25). The van der Waals surface area contributed by atoms with E-state index in [0.717, 1.165) is 12.0 Å². The van der Waals surface area contributed by atoms with E-state index in [-0.39, 0.29) is 17.8 Å². The predicted octanol–water partition coefficient (Wildman–Crippen LogP) is -0.455. The van der Waals surface area contributed by atoms with E-state index in [1.165, 1.54) is 0 Å². The fraction of sp³-hybridized carbons (Fsp3) is 0.524. The molecule has 164 valence electrons. The molecule has 0 spiro atoms. The van der Waals surface area contributed by atoms with Crippen molar-refractivity contribution < 1.29 is 14.4 Å². The van der Waals surface area contributed by atoms with E-state index in [2.05, 4.69) is 15.6 Å². The fourth-order valence-electron chi connectivity index (χ4n) is 3.64. The van der Waals surface area contributed by atoms with Crippen molar-refractivity contribution >= 4 is 24.1 Å². The van der Waals surface area contributed by atoms with Gasteiger partial charge in [0.1, 0.15) is 12.3 Å². The van der Waals surface area contributed by atoms with Crippen LogP contribution in [0.4, 0.5) is 0 Å². The van der Waals surface area contributed by atoms with Crippen LogP contribution >= 0.6 is 0 Å². The molecule has 1 fully saturated rings. The Bertz CT molecular complexity index is 736. The van der Waals surface area contributed by atoms with Gasteiger partial charge in [0.2, 0.25) is 11.8 Å². The molecule has 9 heteroatoms. The van der Waals surface area contributed by atoms with E-state index in [4.69, 9.17) is 11.5 Å². The zero-order valence-electron chi connectivity index (χ0n) is 17.4. The lowest BCUT2D eigenvalue weighted by Crippen LogP contribution is -2.54. The van der Waals surface area contributed by atoms with E-state index in [9.17, 15) is 14.4 Å². The van der Waals surface area contributed by atoms with E-state index >= 15 is 0 Å². The Labute approximate surface area is 177 Å². The minimum absolute atomic E-state index is 0.00334. The molecule has 2 rings (SSSR count). The number of aldehydes is 1. The third-order valence-electron chi connectivity index (χ3n) is 5.23. The number of likely N-dealkylation sites (tertiary alicyclic amines) is 1. The average molecular weight is 417 g/mol. The molecule has 0 radical (unpaired) electrons. The van der Waals surface area contributed by atoms with Gasteiger partial charge in [0.05, 0.1) is 12.1 Å². The number of carbonyl (C=O) groups is 3. The topological polar surface area (TPSA) is 143 Å². The van der Waals surface area contributed by atoms with Crippen molar-refractivity contribution in [2.75, 3.05) is 20.1 Å². The molecule has 0 aliphatic carbocycles. The summed E-state index contributed by atoms with van der Waals surface area (Å²) in [5.74, 6) is -0.403. The number of nitrogens with one attached hydrogen (secondary N) is 2. The Morgan fingerprint density at radius 3 is 2.67 bits per heavy atom. The highest BCUT2D eigenvalue weighted by Crippen LogP contribution is 2.20. The summed E-state index contributed by atoms with van der Waals surface area (Å²) in [6.07, 6.45) is 3.58. The van der Waals surface area contributed by atoms with Gasteiger partial charge in [-0.15, -0.1) is 0 Å². The van der Waals surface area contributed by atoms with E-state index < -0.39 is 18.1 Å². The largest absolute Gasteiger partial charge is 0.370 e. The number of guanidine groups is 1. The molecule has 3 unspecified atom stereocenters. The van der Waals surface area contributed by atoms with Gasteiger partial charge in [-0.3, -0.25) is 14.6 Å². The first-order valence-electron chi connectivity index (χ1n) is 10.3. The highest BCUT2D eigenvalue weighted by atomic mass is 16.2. The molecule has 0 aromatic heterocycles. The second-order valence-corrected chi connectivity index (χ2v) is 7.42. The molecule has 1 aromatic rings. The lowest BCUT2D eigenvalue weighted by molar-refractivity contribution is -0.140. The summed E-state index contributed by atoms with van der Waals surface area (Å²) in [7, 11) is 1.75. The van der Waals surface area contributed by atoms with Gasteiger partial charge in [0.15, 0.2) is 5.96 Å². The number of nitrogens with zero attached hydrogens (tertiary/aromatic N) is 2. The number of rotatable bonds is 11. The summed E-state index contributed by atoms with van der Waals surface area (Å²) < 4.78 is 0. The highest BCUT2D eigenvalue weighted by molar-refractivity contribution is 5.91. The maximum absolute atomic E-state index is 13.1. The minimum atomic E-state index is -0.631. The SMILES string of the molecule is CNC(Cc1ccccc1)C(=O)N1CCCC1C(=O)NC(C=O)CCCN=C(N)N. The van der Waals surface area contributed by atoms with E-state index in [0.29, 0.717) is 45.1 Å². The van der Waals surface area contributed by atoms with Gasteiger partial charge in [-0.25, -0.2) is 0 Å². The number of hydrogen-bond donors (Lipinski definition) is 4. The summed E-state index contributed by atoms with van der Waals surface area (Å²) in [4.78, 5) is 42.8. The van der Waals surface area contributed by atoms with Crippen LogP contribution in [-0.4, -0.2) is 67.2 Å². The van der Waals surface area contributed by atoms with Crippen LogP contribution in [0.2, 0.25) is 0 Å². The maximum Gasteiger partial charge on any atom is 0.243 e. The van der Waals surface area contributed by atoms with Crippen molar-refractivity contribution in [2.45, 2.75) is 50.2 Å². The first-order valence-corrected chi connectivity index (χ1v) is 10.3. The van der Waals surface area contributed by atoms with Crippen molar-refractivity contribution in [3.8, 4) is 0 Å². The minimum Gasteiger partial charge on any atom is -0.370 e. The molecule has 2 amide bonds. The Kier molecular flexibility index (Phi) is 9.27. The summed E-state index contributed by atoms with van der Waals surface area (Å²) >= 11 is 0. The lowest BCUT2D eigenvalue weighted by atomic mass is 10.0. The number of nitrogens with two attached hydrogens (primary N) is 2. The zero-order chi connectivity index (χ0) is 21.9. The molecule has 0 bridgehead atoms. The predicted molar refractivity (Wildman–Crippen MR) is 116 cm³/mol. The van der Waals surface area contributed by atoms with Gasteiger partial charge in [-0.2, -0.15) is 0 Å². The molecular weight excluding hydrogens is 384 g/mol. The van der Waals surface area contributed by atoms with Crippen molar-refractivity contribution in [2.24, 2.45) is 16.5 Å². The number of benzene rings is 1. The average Bonchev–Trinajstić information content (AvgIpc) is 3.24. The Hall–Kier alpha value is -2.94. The van der Waals surface area contributed by atoms with Gasteiger partial charge >= 0.3 is 0 Å². The van der Waals surface area contributed by atoms with Crippen molar-refractivity contribution in [1.29, 1.82) is 0 Å². The van der Waals surface area contributed by atoms with Crippen LogP contribution in [0.25, 0.3) is 0 Å². The molecule has 1 saturated heterocycles. The third-order valence-corrected chi connectivity index (χ3v) is 5.23. The Morgan fingerprint density at radius 1 is 1.30 bits per heavy atom. The fourth-order valence-corrected chi connectivity index (χ4v) is 3.64. The third kappa shape index (κ3) is 6.84. The number of likely N-dealkylation sites (N-methyl/N-ethyl adjacent to an activating group) is 1. The number of hydrogen-bond acceptors (Lipinski definition) is 5. The van der Waals surface area contributed by atoms with Crippen LogP contribution in [0.15, 0.2) is 35.3 Å². The molecule has 1 heterocycles. The van der Waals surface area contributed by atoms with E-state index in [1.54, 1.807) is 11.9 Å². The maximum atomic E-state index is 13.1. The van der Waals surface area contributed by atoms with E-state index in [1.807, 2.05) is 30.3 Å². The quantitative estimate of drug-likeness (QED) is 0.166. The first kappa shape index (κ1) is 23.3. The Morgan fingerprint density at radius 2 is 2.03 bits per heavy atom. The number of aliphatic imine (C=N–C) groups is 1. The van der Waals surface area contributed by atoms with Crippen LogP contribution in [0.5, 0.6) is 0 Å². The summed E-state index contributed by atoms with van der Waals surface area (Å²) in [5, 5.41) is 5.83. The molecule has 3 atom stereocenters. The molecule has 6 N–H and O–H groups in total. The first-order chi connectivity index (χ1) is 14.5. The summed E-state index contributed by atoms with van der Waals surface area (Å²) in [5.41, 5.74) is 11.6. The lowest BCUT2D eigenvalue weighted by Gasteiger charge is -2.29. The summed E-state index contributed by atoms with van der Waals surface area (Å²) in [6.45, 7) is 0.917. The van der Waals surface area contributed by atoms with Crippen LogP contribution in [0, 0.1) is 0 Å². The number of amides is 2. The van der Waals surface area contributed by atoms with Crippen molar-refractivity contribution in [3.63, 3.8) is 0 Å². The van der Waals surface area contributed by atoms with Crippen LogP contribution < -0.4 is 22.1 Å². The summed E-state index contributed by atoms with van der Waals surface area (Å²) in [6, 6.07) is 8.14. The molecular formula is C21H32N6O3. The molecule has 9 nitrogen and oxygen atoms in total. The molecule has 1 aliphatic heterocycles. The van der Waals surface area contributed by atoms with Gasteiger partial charge in [-0.1, -0.05) is 30.3 Å². The molecule has 30 heavy (non-hydrogen) atoms. The van der Waals surface area contributed by atoms with Crippen molar-refractivity contribution in [3.05, 3.63) is 35.9 Å². The Balaban J connectivity index is 1.95. The molecule has 1 aliphatic rings. The normalized spacial score (nSPS) is 17.8. The highest BCUT2D eigenvalue weighted by Gasteiger charge is 2.37. The second-order valence-electron chi connectivity index (χ2n) is 7.42. The van der Waals surface area contributed by atoms with Gasteiger partial charge in [0, 0.05) is 13.1 Å².